The van der Waals surface area contributed by atoms with Crippen LogP contribution in [0.15, 0.2) is 23.2 Å². The highest BCUT2D eigenvalue weighted by Gasteiger charge is 2.07. The molecule has 0 aromatic carbocycles. The summed E-state index contributed by atoms with van der Waals surface area (Å²) in [7, 11) is -2.20. The fourth-order valence-corrected chi connectivity index (χ4v) is 1.11. The third-order valence-corrected chi connectivity index (χ3v) is 2.15. The van der Waals surface area contributed by atoms with E-state index in [9.17, 15) is 8.42 Å². The molecule has 0 amide bonds. The van der Waals surface area contributed by atoms with Crippen LogP contribution in [0.25, 0.3) is 0 Å². The number of hydrogen-bond donors (Lipinski definition) is 1. The van der Waals surface area contributed by atoms with E-state index in [0.717, 1.165) is 6.20 Å². The maximum absolute atomic E-state index is 10.7. The lowest BCUT2D eigenvalue weighted by Gasteiger charge is -1.98. The fraction of sp³-hybridized carbons (Fsp3) is 0.167. The van der Waals surface area contributed by atoms with Crippen LogP contribution in [0.3, 0.4) is 0 Å². The number of rotatable bonds is 2. The van der Waals surface area contributed by atoms with Crippen LogP contribution in [0.2, 0.25) is 0 Å². The fourth-order valence-electron chi connectivity index (χ4n) is 0.656. The lowest BCUT2D eigenvalue weighted by atomic mass is 10.5. The minimum atomic E-state index is -3.65. The van der Waals surface area contributed by atoms with Gasteiger partial charge in [0.25, 0.3) is 0 Å². The highest BCUT2D eigenvalue weighted by molar-refractivity contribution is 7.89. The molecular formula is C6H8N2O3S. The summed E-state index contributed by atoms with van der Waals surface area (Å²) >= 11 is 0. The zero-order valence-corrected chi connectivity index (χ0v) is 7.21. The minimum Gasteiger partial charge on any atom is -0.481 e. The van der Waals surface area contributed by atoms with Crippen molar-refractivity contribution in [3.63, 3.8) is 0 Å². The summed E-state index contributed by atoms with van der Waals surface area (Å²) < 4.78 is 26.2. The van der Waals surface area contributed by atoms with Crippen molar-refractivity contribution in [3.8, 4) is 5.88 Å². The van der Waals surface area contributed by atoms with Crippen LogP contribution in [-0.2, 0) is 10.0 Å². The quantitative estimate of drug-likeness (QED) is 0.693. The van der Waals surface area contributed by atoms with Crippen LogP contribution in [0.4, 0.5) is 0 Å². The number of methoxy groups -OCH3 is 1. The van der Waals surface area contributed by atoms with E-state index in [1.807, 2.05) is 0 Å². The molecule has 0 bridgehead atoms. The lowest BCUT2D eigenvalue weighted by molar-refractivity contribution is 0.397. The molecule has 2 N–H and O–H groups in total. The van der Waals surface area contributed by atoms with Crippen LogP contribution in [0.1, 0.15) is 0 Å². The summed E-state index contributed by atoms with van der Waals surface area (Å²) in [6.45, 7) is 0. The number of hydrogen-bond acceptors (Lipinski definition) is 4. The summed E-state index contributed by atoms with van der Waals surface area (Å²) in [6.07, 6.45) is 1.15. The van der Waals surface area contributed by atoms with Gasteiger partial charge in [-0.15, -0.1) is 0 Å². The molecule has 0 unspecified atom stereocenters. The first-order valence-electron chi connectivity index (χ1n) is 3.07. The number of nitrogens with zero attached hydrogens (tertiary/aromatic N) is 1. The molecule has 0 atom stereocenters. The molecule has 1 aromatic heterocycles. The van der Waals surface area contributed by atoms with Gasteiger partial charge in [-0.25, -0.2) is 18.5 Å². The molecular weight excluding hydrogens is 180 g/mol. The molecule has 0 fully saturated rings. The first kappa shape index (κ1) is 8.95. The summed E-state index contributed by atoms with van der Waals surface area (Å²) in [5, 5.41) is 4.84. The SMILES string of the molecule is COc1ccc(S(N)(=O)=O)cn1. The van der Waals surface area contributed by atoms with Crippen LogP contribution in [-0.4, -0.2) is 20.5 Å². The largest absolute Gasteiger partial charge is 0.481 e. The Morgan fingerprint density at radius 1 is 1.50 bits per heavy atom. The number of primary sulfonamides is 1. The van der Waals surface area contributed by atoms with Crippen LogP contribution in [0.5, 0.6) is 5.88 Å². The van der Waals surface area contributed by atoms with Gasteiger partial charge in [-0.05, 0) is 6.07 Å². The Morgan fingerprint density at radius 2 is 2.17 bits per heavy atom. The summed E-state index contributed by atoms with van der Waals surface area (Å²) in [6, 6.07) is 2.76. The van der Waals surface area contributed by atoms with Crippen molar-refractivity contribution in [1.82, 2.24) is 4.98 Å². The van der Waals surface area contributed by atoms with Crippen LogP contribution < -0.4 is 9.88 Å². The molecule has 0 aliphatic rings. The van der Waals surface area contributed by atoms with Gasteiger partial charge in [0.05, 0.1) is 13.3 Å². The Labute approximate surface area is 70.2 Å². The molecule has 1 aromatic rings. The highest BCUT2D eigenvalue weighted by atomic mass is 32.2. The van der Waals surface area contributed by atoms with Crippen LogP contribution >= 0.6 is 0 Å². The van der Waals surface area contributed by atoms with Gasteiger partial charge < -0.3 is 4.74 Å². The third-order valence-electron chi connectivity index (χ3n) is 1.25. The molecule has 0 aliphatic heterocycles. The number of aromatic nitrogens is 1. The van der Waals surface area contributed by atoms with E-state index in [2.05, 4.69) is 4.98 Å². The zero-order chi connectivity index (χ0) is 9.19. The van der Waals surface area contributed by atoms with E-state index < -0.39 is 10.0 Å². The smallest absolute Gasteiger partial charge is 0.239 e. The molecule has 6 heteroatoms. The van der Waals surface area contributed by atoms with Crippen molar-refractivity contribution in [2.45, 2.75) is 4.90 Å². The number of nitrogens with two attached hydrogens (primary N) is 1. The molecule has 0 aliphatic carbocycles. The van der Waals surface area contributed by atoms with E-state index in [1.54, 1.807) is 0 Å². The first-order valence-corrected chi connectivity index (χ1v) is 4.61. The monoisotopic (exact) mass is 188 g/mol. The molecule has 5 nitrogen and oxygen atoms in total. The Balaban J connectivity index is 3.09. The van der Waals surface area contributed by atoms with Crippen molar-refractivity contribution >= 4 is 10.0 Å². The third kappa shape index (κ3) is 1.93. The number of ether oxygens (including phenoxy) is 1. The van der Waals surface area contributed by atoms with E-state index >= 15 is 0 Å². The molecule has 0 saturated carbocycles. The molecule has 1 heterocycles. The molecule has 12 heavy (non-hydrogen) atoms. The van der Waals surface area contributed by atoms with E-state index in [4.69, 9.17) is 9.88 Å². The molecule has 0 saturated heterocycles. The predicted molar refractivity (Wildman–Crippen MR) is 42.2 cm³/mol. The van der Waals surface area contributed by atoms with Crippen molar-refractivity contribution in [1.29, 1.82) is 0 Å². The van der Waals surface area contributed by atoms with Crippen molar-refractivity contribution < 1.29 is 13.2 Å². The molecule has 66 valence electrons. The van der Waals surface area contributed by atoms with Crippen LogP contribution in [0, 0.1) is 0 Å². The standard InChI is InChI=1S/C6H8N2O3S/c1-11-6-3-2-5(4-8-6)12(7,9)10/h2-4H,1H3,(H2,7,9,10). The Morgan fingerprint density at radius 3 is 2.50 bits per heavy atom. The van der Waals surface area contributed by atoms with E-state index in [0.29, 0.717) is 5.88 Å². The molecule has 1 rings (SSSR count). The van der Waals surface area contributed by atoms with Gasteiger partial charge in [-0.3, -0.25) is 0 Å². The zero-order valence-electron chi connectivity index (χ0n) is 6.39. The van der Waals surface area contributed by atoms with Gasteiger partial charge in [0.15, 0.2) is 0 Å². The number of pyridine rings is 1. The van der Waals surface area contributed by atoms with Gasteiger partial charge in [-0.1, -0.05) is 0 Å². The second kappa shape index (κ2) is 3.08. The summed E-state index contributed by atoms with van der Waals surface area (Å²) in [4.78, 5) is 3.66. The predicted octanol–water partition coefficient (Wildman–Crippen LogP) is -0.262. The summed E-state index contributed by atoms with van der Waals surface area (Å²) in [5.41, 5.74) is 0. The Bertz CT molecular complexity index is 357. The minimum absolute atomic E-state index is 0.0247. The second-order valence-corrected chi connectivity index (χ2v) is 3.64. The lowest BCUT2D eigenvalue weighted by Crippen LogP contribution is -2.12. The normalized spacial score (nSPS) is 11.2. The van der Waals surface area contributed by atoms with Gasteiger partial charge >= 0.3 is 0 Å². The summed E-state index contributed by atoms with van der Waals surface area (Å²) in [5.74, 6) is 0.349. The van der Waals surface area contributed by atoms with Gasteiger partial charge in [-0.2, -0.15) is 0 Å². The molecule has 0 spiro atoms. The van der Waals surface area contributed by atoms with E-state index in [1.165, 1.54) is 19.2 Å². The Kier molecular flexibility index (Phi) is 2.30. The first-order chi connectivity index (χ1) is 5.54. The second-order valence-electron chi connectivity index (χ2n) is 2.08. The maximum Gasteiger partial charge on any atom is 0.239 e. The van der Waals surface area contributed by atoms with Crippen molar-refractivity contribution in [3.05, 3.63) is 18.3 Å². The average molecular weight is 188 g/mol. The molecule has 0 radical (unpaired) electrons. The van der Waals surface area contributed by atoms with Gasteiger partial charge in [0.1, 0.15) is 4.90 Å². The van der Waals surface area contributed by atoms with Gasteiger partial charge in [0, 0.05) is 6.07 Å². The maximum atomic E-state index is 10.7. The van der Waals surface area contributed by atoms with E-state index in [-0.39, 0.29) is 4.90 Å². The Hall–Kier alpha value is -1.14. The van der Waals surface area contributed by atoms with Crippen molar-refractivity contribution in [2.24, 2.45) is 5.14 Å². The topological polar surface area (TPSA) is 82.3 Å². The highest BCUT2D eigenvalue weighted by Crippen LogP contribution is 2.09. The van der Waals surface area contributed by atoms with Gasteiger partial charge in [0.2, 0.25) is 15.9 Å². The van der Waals surface area contributed by atoms with Crippen molar-refractivity contribution in [2.75, 3.05) is 7.11 Å². The average Bonchev–Trinajstić information content (AvgIpc) is 2.03. The number of sulfonamides is 1.